The molecule has 0 saturated carbocycles. The Bertz CT molecular complexity index is 603. The topological polar surface area (TPSA) is 107 Å². The number of carbonyl (C=O) groups is 3. The first-order valence-electron chi connectivity index (χ1n) is 9.43. The van der Waals surface area contributed by atoms with Crippen molar-refractivity contribution in [3.8, 4) is 0 Å². The van der Waals surface area contributed by atoms with Crippen molar-refractivity contribution < 1.29 is 24.1 Å². The second-order valence-electron chi connectivity index (χ2n) is 7.09. The zero-order chi connectivity index (χ0) is 19.5. The van der Waals surface area contributed by atoms with Crippen LogP contribution in [-0.2, 0) is 18.9 Å². The number of carboxylic acids is 1. The van der Waals surface area contributed by atoms with E-state index >= 15 is 0 Å². The van der Waals surface area contributed by atoms with Gasteiger partial charge in [-0.05, 0) is 32.6 Å². The Morgan fingerprint density at radius 3 is 2.15 bits per heavy atom. The van der Waals surface area contributed by atoms with Gasteiger partial charge >= 0.3 is 5.97 Å². The Hall–Kier alpha value is -1.40. The molecule has 0 unspecified atom stereocenters. The summed E-state index contributed by atoms with van der Waals surface area (Å²) in [4.78, 5) is 40.0. The SMILES string of the molecule is CCP(=O)(CC)N[C@@H](C)C(=O)N1CCC[C@H]1C(=O)N1CCC[C@H]1C(=O)O. The van der Waals surface area contributed by atoms with Gasteiger partial charge in [-0.2, -0.15) is 0 Å². The molecule has 8 nitrogen and oxygen atoms in total. The summed E-state index contributed by atoms with van der Waals surface area (Å²) in [5.41, 5.74) is 0. The normalized spacial score (nSPS) is 24.7. The van der Waals surface area contributed by atoms with Crippen LogP contribution in [0.1, 0.15) is 46.5 Å². The molecule has 2 aliphatic heterocycles. The second kappa shape index (κ2) is 8.53. The van der Waals surface area contributed by atoms with Crippen LogP contribution in [0, 0.1) is 0 Å². The Labute approximate surface area is 154 Å². The molecule has 2 amide bonds. The molecule has 148 valence electrons. The lowest BCUT2D eigenvalue weighted by atomic mass is 10.1. The van der Waals surface area contributed by atoms with Crippen LogP contribution in [0.4, 0.5) is 0 Å². The van der Waals surface area contributed by atoms with E-state index in [-0.39, 0.29) is 11.8 Å². The lowest BCUT2D eigenvalue weighted by Crippen LogP contribution is -2.53. The Morgan fingerprint density at radius 2 is 1.62 bits per heavy atom. The van der Waals surface area contributed by atoms with Crippen molar-refractivity contribution in [3.05, 3.63) is 0 Å². The first-order valence-corrected chi connectivity index (χ1v) is 11.5. The lowest BCUT2D eigenvalue weighted by molar-refractivity contribution is -0.152. The molecule has 0 bridgehead atoms. The van der Waals surface area contributed by atoms with Crippen LogP contribution in [0.25, 0.3) is 0 Å². The molecule has 0 aromatic rings. The molecule has 9 heteroatoms. The minimum absolute atomic E-state index is 0.242. The zero-order valence-electron chi connectivity index (χ0n) is 15.8. The van der Waals surface area contributed by atoms with Crippen LogP contribution in [0.3, 0.4) is 0 Å². The zero-order valence-corrected chi connectivity index (χ0v) is 16.7. The van der Waals surface area contributed by atoms with E-state index in [0.717, 1.165) is 0 Å². The Balaban J connectivity index is 2.09. The number of aliphatic carboxylic acids is 1. The Kier molecular flexibility index (Phi) is 6.86. The number of carbonyl (C=O) groups excluding carboxylic acids is 2. The smallest absolute Gasteiger partial charge is 0.326 e. The van der Waals surface area contributed by atoms with Gasteiger partial charge in [-0.3, -0.25) is 14.7 Å². The quantitative estimate of drug-likeness (QED) is 0.639. The van der Waals surface area contributed by atoms with Gasteiger partial charge in [0.1, 0.15) is 19.4 Å². The number of amides is 2. The number of hydrogen-bond acceptors (Lipinski definition) is 4. The van der Waals surface area contributed by atoms with Gasteiger partial charge in [-0.1, -0.05) is 13.8 Å². The van der Waals surface area contributed by atoms with Gasteiger partial charge in [-0.25, -0.2) is 4.79 Å². The fraction of sp³-hybridized carbons (Fsp3) is 0.824. The third-order valence-electron chi connectivity index (χ3n) is 5.46. The first-order chi connectivity index (χ1) is 12.2. The summed E-state index contributed by atoms with van der Waals surface area (Å²) in [5, 5.41) is 12.3. The predicted octanol–water partition coefficient (Wildman–Crippen LogP) is 1.35. The highest BCUT2D eigenvalue weighted by atomic mass is 31.2. The van der Waals surface area contributed by atoms with Crippen LogP contribution < -0.4 is 5.09 Å². The third kappa shape index (κ3) is 4.29. The van der Waals surface area contributed by atoms with Crippen molar-refractivity contribution in [3.63, 3.8) is 0 Å². The van der Waals surface area contributed by atoms with Crippen molar-refractivity contribution in [1.29, 1.82) is 0 Å². The maximum absolute atomic E-state index is 12.9. The monoisotopic (exact) mass is 387 g/mol. The van der Waals surface area contributed by atoms with Crippen molar-refractivity contribution >= 4 is 25.1 Å². The highest BCUT2D eigenvalue weighted by molar-refractivity contribution is 7.61. The van der Waals surface area contributed by atoms with Crippen LogP contribution in [0.15, 0.2) is 0 Å². The van der Waals surface area contributed by atoms with Crippen LogP contribution in [0.5, 0.6) is 0 Å². The molecule has 2 saturated heterocycles. The molecular weight excluding hydrogens is 357 g/mol. The summed E-state index contributed by atoms with van der Waals surface area (Å²) >= 11 is 0. The van der Waals surface area contributed by atoms with Gasteiger partial charge in [0.15, 0.2) is 0 Å². The van der Waals surface area contributed by atoms with Gasteiger partial charge in [0.25, 0.3) is 0 Å². The van der Waals surface area contributed by atoms with Gasteiger partial charge in [0.05, 0.1) is 6.04 Å². The van der Waals surface area contributed by atoms with Crippen molar-refractivity contribution in [1.82, 2.24) is 14.9 Å². The summed E-state index contributed by atoms with van der Waals surface area (Å²) in [6.07, 6.45) is 3.31. The van der Waals surface area contributed by atoms with E-state index in [1.165, 1.54) is 9.80 Å². The van der Waals surface area contributed by atoms with Crippen LogP contribution in [-0.4, -0.2) is 76.2 Å². The molecule has 0 aromatic carbocycles. The molecule has 2 heterocycles. The Morgan fingerprint density at radius 1 is 1.08 bits per heavy atom. The van der Waals surface area contributed by atoms with Crippen molar-refractivity contribution in [2.45, 2.75) is 64.6 Å². The molecule has 2 fully saturated rings. The molecule has 0 spiro atoms. The van der Waals surface area contributed by atoms with E-state index in [4.69, 9.17) is 0 Å². The largest absolute Gasteiger partial charge is 0.480 e. The second-order valence-corrected chi connectivity index (χ2v) is 10.4. The minimum Gasteiger partial charge on any atom is -0.480 e. The van der Waals surface area contributed by atoms with E-state index in [2.05, 4.69) is 5.09 Å². The summed E-state index contributed by atoms with van der Waals surface area (Å²) in [6.45, 7) is 6.22. The highest BCUT2D eigenvalue weighted by Gasteiger charge is 2.43. The van der Waals surface area contributed by atoms with E-state index < -0.39 is 31.4 Å². The number of hydrogen-bond donors (Lipinski definition) is 2. The van der Waals surface area contributed by atoms with E-state index in [0.29, 0.717) is 51.1 Å². The maximum atomic E-state index is 12.9. The number of rotatable bonds is 7. The summed E-state index contributed by atoms with van der Waals surface area (Å²) in [7, 11) is -2.59. The maximum Gasteiger partial charge on any atom is 0.326 e. The fourth-order valence-electron chi connectivity index (χ4n) is 3.83. The fourth-order valence-corrected chi connectivity index (χ4v) is 5.46. The molecule has 0 aliphatic carbocycles. The van der Waals surface area contributed by atoms with Crippen LogP contribution in [0.2, 0.25) is 0 Å². The molecule has 2 N–H and O–H groups in total. The standard InChI is InChI=1S/C17H30N3O5P/c1-4-26(25,5-2)18-12(3)15(21)19-10-6-8-13(19)16(22)20-11-7-9-14(20)17(23)24/h12-14H,4-11H2,1-3H3,(H,18,25)(H,23,24)/t12-,13-,14-/m0/s1. The number of carboxylic acid groups (broad SMARTS) is 1. The molecule has 26 heavy (non-hydrogen) atoms. The van der Waals surface area contributed by atoms with E-state index in [1.54, 1.807) is 6.92 Å². The van der Waals surface area contributed by atoms with Crippen LogP contribution >= 0.6 is 7.29 Å². The molecule has 2 rings (SSSR count). The van der Waals surface area contributed by atoms with E-state index in [9.17, 15) is 24.1 Å². The average molecular weight is 387 g/mol. The summed E-state index contributed by atoms with van der Waals surface area (Å²) in [6, 6.07) is -2.05. The number of nitrogens with one attached hydrogen (secondary N) is 1. The molecule has 2 aliphatic rings. The average Bonchev–Trinajstić information content (AvgIpc) is 3.29. The molecule has 3 atom stereocenters. The predicted molar refractivity (Wildman–Crippen MR) is 98.4 cm³/mol. The lowest BCUT2D eigenvalue weighted by Gasteiger charge is -2.32. The third-order valence-corrected chi connectivity index (χ3v) is 8.36. The van der Waals surface area contributed by atoms with Gasteiger partial charge < -0.3 is 19.5 Å². The number of likely N-dealkylation sites (tertiary alicyclic amines) is 2. The highest BCUT2D eigenvalue weighted by Crippen LogP contribution is 2.40. The summed E-state index contributed by atoms with van der Waals surface area (Å²) < 4.78 is 12.6. The summed E-state index contributed by atoms with van der Waals surface area (Å²) in [5.74, 6) is -1.51. The molecule has 0 aromatic heterocycles. The molecular formula is C17H30N3O5P. The van der Waals surface area contributed by atoms with Gasteiger partial charge in [-0.15, -0.1) is 0 Å². The minimum atomic E-state index is -2.59. The van der Waals surface area contributed by atoms with Crippen molar-refractivity contribution in [2.24, 2.45) is 0 Å². The van der Waals surface area contributed by atoms with E-state index in [1.807, 2.05) is 13.8 Å². The van der Waals surface area contributed by atoms with Gasteiger partial charge in [0, 0.05) is 25.4 Å². The first kappa shape index (κ1) is 20.9. The number of nitrogens with zero attached hydrogens (tertiary/aromatic N) is 2. The van der Waals surface area contributed by atoms with Gasteiger partial charge in [0.2, 0.25) is 11.8 Å². The van der Waals surface area contributed by atoms with Crippen molar-refractivity contribution in [2.75, 3.05) is 25.4 Å². The molecule has 0 radical (unpaired) electrons.